The Balaban J connectivity index is 2.37. The third-order valence-corrected chi connectivity index (χ3v) is 3.81. The number of hydrogen-bond acceptors (Lipinski definition) is 2. The van der Waals surface area contributed by atoms with Crippen LogP contribution in [0.15, 0.2) is 42.7 Å². The summed E-state index contributed by atoms with van der Waals surface area (Å²) in [5, 5.41) is 3.46. The van der Waals surface area contributed by atoms with Gasteiger partial charge >= 0.3 is 0 Å². The lowest BCUT2D eigenvalue weighted by atomic mass is 9.86. The Morgan fingerprint density at radius 1 is 1.05 bits per heavy atom. The molecular formula is C17H22N2. The summed E-state index contributed by atoms with van der Waals surface area (Å²) < 4.78 is 0. The van der Waals surface area contributed by atoms with Crippen LogP contribution >= 0.6 is 0 Å². The Morgan fingerprint density at radius 3 is 2.37 bits per heavy atom. The zero-order valence-corrected chi connectivity index (χ0v) is 12.1. The van der Waals surface area contributed by atoms with Gasteiger partial charge < -0.3 is 5.32 Å². The van der Waals surface area contributed by atoms with Gasteiger partial charge in [0.05, 0.1) is 0 Å². The van der Waals surface area contributed by atoms with Crippen LogP contribution in [-0.4, -0.2) is 12.0 Å². The fourth-order valence-corrected chi connectivity index (χ4v) is 2.63. The molecule has 2 nitrogen and oxygen atoms in total. The van der Waals surface area contributed by atoms with Crippen molar-refractivity contribution in [3.8, 4) is 0 Å². The van der Waals surface area contributed by atoms with E-state index < -0.39 is 0 Å². The van der Waals surface area contributed by atoms with Gasteiger partial charge in [0.2, 0.25) is 0 Å². The zero-order valence-electron chi connectivity index (χ0n) is 12.1. The smallest absolute Gasteiger partial charge is 0.0387 e. The number of rotatable bonds is 4. The maximum absolute atomic E-state index is 4.10. The molecule has 0 saturated heterocycles. The molecule has 0 aliphatic heterocycles. The average Bonchev–Trinajstić information content (AvgIpc) is 2.44. The van der Waals surface area contributed by atoms with Crippen molar-refractivity contribution < 1.29 is 0 Å². The minimum Gasteiger partial charge on any atom is -0.312 e. The fraction of sp³-hybridized carbons (Fsp3) is 0.353. The van der Waals surface area contributed by atoms with Crippen molar-refractivity contribution >= 4 is 0 Å². The Bertz CT molecular complexity index is 534. The van der Waals surface area contributed by atoms with E-state index in [2.05, 4.69) is 61.4 Å². The first kappa shape index (κ1) is 13.8. The number of aromatic nitrogens is 1. The van der Waals surface area contributed by atoms with Crippen LogP contribution in [0.25, 0.3) is 0 Å². The third kappa shape index (κ3) is 3.02. The molecule has 0 spiro atoms. The van der Waals surface area contributed by atoms with E-state index in [4.69, 9.17) is 0 Å². The van der Waals surface area contributed by atoms with E-state index in [0.29, 0.717) is 12.0 Å². The first-order valence-corrected chi connectivity index (χ1v) is 6.78. The van der Waals surface area contributed by atoms with Gasteiger partial charge in [0.25, 0.3) is 0 Å². The second-order valence-electron chi connectivity index (χ2n) is 5.20. The molecule has 2 aromatic rings. The van der Waals surface area contributed by atoms with Crippen molar-refractivity contribution in [2.24, 2.45) is 0 Å². The van der Waals surface area contributed by atoms with Crippen LogP contribution in [0.4, 0.5) is 0 Å². The predicted octanol–water partition coefficient (Wildman–Crippen LogP) is 3.76. The van der Waals surface area contributed by atoms with Gasteiger partial charge in [-0.2, -0.15) is 0 Å². The highest BCUT2D eigenvalue weighted by atomic mass is 14.9. The quantitative estimate of drug-likeness (QED) is 0.898. The molecule has 0 bridgehead atoms. The van der Waals surface area contributed by atoms with Gasteiger partial charge in [-0.15, -0.1) is 0 Å². The SMILES string of the molecule is CNC(c1cc(C)ccc1C)C(C)c1ccncc1. The molecule has 0 saturated carbocycles. The number of benzene rings is 1. The molecule has 100 valence electrons. The molecule has 1 N–H and O–H groups in total. The van der Waals surface area contributed by atoms with Crippen molar-refractivity contribution in [3.63, 3.8) is 0 Å². The van der Waals surface area contributed by atoms with E-state index in [0.717, 1.165) is 0 Å². The van der Waals surface area contributed by atoms with E-state index >= 15 is 0 Å². The molecule has 0 amide bonds. The maximum atomic E-state index is 4.10. The predicted molar refractivity (Wildman–Crippen MR) is 80.4 cm³/mol. The number of likely N-dealkylation sites (N-methyl/N-ethyl adjacent to an activating group) is 1. The number of nitrogens with zero attached hydrogens (tertiary/aromatic N) is 1. The first-order valence-electron chi connectivity index (χ1n) is 6.78. The minimum atomic E-state index is 0.322. The van der Waals surface area contributed by atoms with Crippen molar-refractivity contribution in [2.75, 3.05) is 7.05 Å². The van der Waals surface area contributed by atoms with Crippen LogP contribution in [-0.2, 0) is 0 Å². The van der Waals surface area contributed by atoms with E-state index in [1.807, 2.05) is 19.4 Å². The molecule has 1 heterocycles. The first-order chi connectivity index (χ1) is 9.13. The molecule has 1 aromatic heterocycles. The van der Waals surface area contributed by atoms with Crippen LogP contribution in [0, 0.1) is 13.8 Å². The zero-order chi connectivity index (χ0) is 13.8. The highest BCUT2D eigenvalue weighted by Gasteiger charge is 2.20. The Morgan fingerprint density at radius 2 is 1.74 bits per heavy atom. The lowest BCUT2D eigenvalue weighted by molar-refractivity contribution is 0.505. The Kier molecular flexibility index (Phi) is 4.33. The molecule has 0 aliphatic rings. The molecule has 0 radical (unpaired) electrons. The summed E-state index contributed by atoms with van der Waals surface area (Å²) >= 11 is 0. The molecule has 1 aromatic carbocycles. The minimum absolute atomic E-state index is 0.322. The van der Waals surface area contributed by atoms with Crippen LogP contribution in [0.3, 0.4) is 0 Å². The van der Waals surface area contributed by atoms with E-state index in [9.17, 15) is 0 Å². The molecule has 2 atom stereocenters. The molecular weight excluding hydrogens is 232 g/mol. The molecule has 2 rings (SSSR count). The highest BCUT2D eigenvalue weighted by Crippen LogP contribution is 2.32. The normalized spacial score (nSPS) is 14.1. The van der Waals surface area contributed by atoms with Crippen molar-refractivity contribution in [1.29, 1.82) is 0 Å². The topological polar surface area (TPSA) is 24.9 Å². The van der Waals surface area contributed by atoms with E-state index in [1.165, 1.54) is 22.3 Å². The third-order valence-electron chi connectivity index (χ3n) is 3.81. The largest absolute Gasteiger partial charge is 0.312 e. The lowest BCUT2D eigenvalue weighted by Gasteiger charge is -2.26. The van der Waals surface area contributed by atoms with Gasteiger partial charge in [-0.3, -0.25) is 4.98 Å². The summed E-state index contributed by atoms with van der Waals surface area (Å²) in [5.74, 6) is 0.411. The van der Waals surface area contributed by atoms with E-state index in [1.54, 1.807) is 0 Å². The summed E-state index contributed by atoms with van der Waals surface area (Å²) in [4.78, 5) is 4.10. The molecule has 0 aliphatic carbocycles. The Labute approximate surface area is 115 Å². The fourth-order valence-electron chi connectivity index (χ4n) is 2.63. The number of nitrogens with one attached hydrogen (secondary N) is 1. The van der Waals surface area contributed by atoms with Crippen molar-refractivity contribution in [3.05, 3.63) is 65.0 Å². The summed E-state index contributed by atoms with van der Waals surface area (Å²) in [6, 6.07) is 11.2. The molecule has 19 heavy (non-hydrogen) atoms. The summed E-state index contributed by atoms with van der Waals surface area (Å²) in [5.41, 5.74) is 5.34. The number of hydrogen-bond donors (Lipinski definition) is 1. The van der Waals surface area contributed by atoms with Crippen LogP contribution in [0.1, 0.15) is 41.1 Å². The van der Waals surface area contributed by atoms with Gasteiger partial charge in [-0.05, 0) is 49.7 Å². The second-order valence-corrected chi connectivity index (χ2v) is 5.20. The van der Waals surface area contributed by atoms with Gasteiger partial charge in [0.15, 0.2) is 0 Å². The number of pyridine rings is 1. The second kappa shape index (κ2) is 5.98. The standard InChI is InChI=1S/C17H22N2/c1-12-5-6-13(2)16(11-12)17(18-4)14(3)15-7-9-19-10-8-15/h5-11,14,17-18H,1-4H3. The lowest BCUT2D eigenvalue weighted by Crippen LogP contribution is -2.23. The van der Waals surface area contributed by atoms with Crippen LogP contribution < -0.4 is 5.32 Å². The van der Waals surface area contributed by atoms with Gasteiger partial charge in [-0.1, -0.05) is 30.7 Å². The van der Waals surface area contributed by atoms with Gasteiger partial charge in [0, 0.05) is 24.4 Å². The van der Waals surface area contributed by atoms with E-state index in [-0.39, 0.29) is 0 Å². The summed E-state index contributed by atoms with van der Waals surface area (Å²) in [7, 11) is 2.03. The molecule has 0 fully saturated rings. The van der Waals surface area contributed by atoms with Crippen LogP contribution in [0.2, 0.25) is 0 Å². The molecule has 2 heteroatoms. The van der Waals surface area contributed by atoms with Crippen molar-refractivity contribution in [1.82, 2.24) is 10.3 Å². The molecule has 2 unspecified atom stereocenters. The maximum Gasteiger partial charge on any atom is 0.0387 e. The van der Waals surface area contributed by atoms with Gasteiger partial charge in [-0.25, -0.2) is 0 Å². The monoisotopic (exact) mass is 254 g/mol. The summed E-state index contributed by atoms with van der Waals surface area (Å²) in [6.45, 7) is 6.59. The van der Waals surface area contributed by atoms with Crippen molar-refractivity contribution in [2.45, 2.75) is 32.7 Å². The average molecular weight is 254 g/mol. The van der Waals surface area contributed by atoms with Gasteiger partial charge in [0.1, 0.15) is 0 Å². The highest BCUT2D eigenvalue weighted by molar-refractivity contribution is 5.35. The summed E-state index contributed by atoms with van der Waals surface area (Å²) in [6.07, 6.45) is 3.73. The number of aryl methyl sites for hydroxylation is 2. The van der Waals surface area contributed by atoms with Crippen LogP contribution in [0.5, 0.6) is 0 Å². The Hall–Kier alpha value is -1.67.